The molecule has 0 amide bonds. The largest absolute Gasteiger partial charge is 0.463 e. The van der Waals surface area contributed by atoms with E-state index in [2.05, 4.69) is 37.1 Å². The van der Waals surface area contributed by atoms with E-state index in [1.165, 1.54) is 0 Å². The van der Waals surface area contributed by atoms with Crippen LogP contribution in [0.4, 0.5) is 0 Å². The number of ether oxygens (including phenoxy) is 1. The molecular formula is C10H26N2O6S. The third kappa shape index (κ3) is 59.8. The van der Waals surface area contributed by atoms with E-state index in [0.717, 1.165) is 19.2 Å². The maximum Gasteiger partial charge on any atom is 0.394 e. The fourth-order valence-corrected chi connectivity index (χ4v) is 0.425. The SMILES string of the molecule is C=CC(=O)OCC.CCN(C)CC.N.O=S(=O)(O)O. The van der Waals surface area contributed by atoms with Crippen molar-refractivity contribution in [2.75, 3.05) is 26.7 Å². The molecule has 5 N–H and O–H groups in total. The Morgan fingerprint density at radius 1 is 1.26 bits per heavy atom. The van der Waals surface area contributed by atoms with Crippen molar-refractivity contribution in [2.45, 2.75) is 20.8 Å². The molecule has 0 rings (SSSR count). The van der Waals surface area contributed by atoms with Gasteiger partial charge in [0.2, 0.25) is 0 Å². The van der Waals surface area contributed by atoms with Gasteiger partial charge in [-0.25, -0.2) is 4.79 Å². The molecule has 0 aliphatic carbocycles. The number of esters is 1. The number of hydrogen-bond donors (Lipinski definition) is 3. The van der Waals surface area contributed by atoms with Crippen LogP contribution >= 0.6 is 0 Å². The maximum atomic E-state index is 10.1. The smallest absolute Gasteiger partial charge is 0.394 e. The fourth-order valence-electron chi connectivity index (χ4n) is 0.425. The first-order chi connectivity index (χ1) is 8.12. The molecule has 0 radical (unpaired) electrons. The van der Waals surface area contributed by atoms with E-state index in [1.54, 1.807) is 6.92 Å². The highest BCUT2D eigenvalue weighted by Crippen LogP contribution is 1.74. The fraction of sp³-hybridized carbons (Fsp3) is 0.700. The van der Waals surface area contributed by atoms with Gasteiger partial charge in [-0.15, -0.1) is 0 Å². The van der Waals surface area contributed by atoms with Gasteiger partial charge in [-0.05, 0) is 27.1 Å². The van der Waals surface area contributed by atoms with Crippen molar-refractivity contribution in [3.63, 3.8) is 0 Å². The van der Waals surface area contributed by atoms with Gasteiger partial charge in [-0.1, -0.05) is 20.4 Å². The standard InChI is InChI=1S/C5H13N.C5H8O2.H3N.H2O4S/c1-4-6(3)5-2;1-3-5(6)7-4-2;;1-5(2,3)4/h4-5H2,1-3H3;3H,1,4H2,2H3;1H3;(H2,1,2,3,4). The zero-order valence-electron chi connectivity index (χ0n) is 12.0. The molecule has 0 spiro atoms. The molecule has 0 aromatic rings. The van der Waals surface area contributed by atoms with Crippen LogP contribution in [0.25, 0.3) is 0 Å². The van der Waals surface area contributed by atoms with Crippen LogP contribution in [0, 0.1) is 0 Å². The summed E-state index contributed by atoms with van der Waals surface area (Å²) in [6.07, 6.45) is 1.14. The second-order valence-corrected chi connectivity index (χ2v) is 3.79. The Bertz CT molecular complexity index is 293. The average Bonchev–Trinajstić information content (AvgIpc) is 2.26. The molecule has 0 unspecified atom stereocenters. The van der Waals surface area contributed by atoms with Crippen molar-refractivity contribution >= 4 is 16.4 Å². The summed E-state index contributed by atoms with van der Waals surface area (Å²) in [6, 6.07) is 0. The van der Waals surface area contributed by atoms with Gasteiger partial charge in [0.15, 0.2) is 0 Å². The summed E-state index contributed by atoms with van der Waals surface area (Å²) >= 11 is 0. The normalized spacial score (nSPS) is 9.00. The number of carbonyl (C=O) groups is 1. The molecule has 0 bridgehead atoms. The highest BCUT2D eigenvalue weighted by atomic mass is 32.3. The number of hydrogen-bond acceptors (Lipinski definition) is 6. The molecule has 118 valence electrons. The second-order valence-electron chi connectivity index (χ2n) is 2.89. The first-order valence-electron chi connectivity index (χ1n) is 5.29. The van der Waals surface area contributed by atoms with E-state index >= 15 is 0 Å². The summed E-state index contributed by atoms with van der Waals surface area (Å²) in [6.45, 7) is 12.0. The minimum absolute atomic E-state index is 0. The Labute approximate surface area is 115 Å². The summed E-state index contributed by atoms with van der Waals surface area (Å²) in [5, 5.41) is 0. The lowest BCUT2D eigenvalue weighted by Gasteiger charge is -2.07. The van der Waals surface area contributed by atoms with E-state index in [9.17, 15) is 4.79 Å². The van der Waals surface area contributed by atoms with Gasteiger partial charge in [-0.3, -0.25) is 9.11 Å². The van der Waals surface area contributed by atoms with Crippen molar-refractivity contribution < 1.29 is 27.1 Å². The van der Waals surface area contributed by atoms with Crippen molar-refractivity contribution in [1.29, 1.82) is 0 Å². The summed E-state index contributed by atoms with van der Waals surface area (Å²) in [5.74, 6) is -0.359. The van der Waals surface area contributed by atoms with Crippen molar-refractivity contribution in [1.82, 2.24) is 11.1 Å². The summed E-state index contributed by atoms with van der Waals surface area (Å²) in [7, 11) is -2.56. The van der Waals surface area contributed by atoms with Crippen molar-refractivity contribution in [2.24, 2.45) is 0 Å². The topological polar surface area (TPSA) is 139 Å². The van der Waals surface area contributed by atoms with E-state index < -0.39 is 10.4 Å². The molecular weight excluding hydrogens is 276 g/mol. The molecule has 0 heterocycles. The third-order valence-corrected chi connectivity index (χ3v) is 1.53. The predicted octanol–water partition coefficient (Wildman–Crippen LogP) is 1.20. The molecule has 0 atom stereocenters. The van der Waals surface area contributed by atoms with Crippen LogP contribution in [0.3, 0.4) is 0 Å². The van der Waals surface area contributed by atoms with Gasteiger partial charge in [0.1, 0.15) is 0 Å². The summed E-state index contributed by atoms with van der Waals surface area (Å²) < 4.78 is 36.0. The Kier molecular flexibility index (Phi) is 23.7. The number of nitrogens with zero attached hydrogens (tertiary/aromatic N) is 1. The average molecular weight is 302 g/mol. The molecule has 8 nitrogen and oxygen atoms in total. The van der Waals surface area contributed by atoms with Crippen LogP contribution in [0.1, 0.15) is 20.8 Å². The van der Waals surface area contributed by atoms with Crippen LogP contribution in [-0.2, 0) is 19.9 Å². The lowest BCUT2D eigenvalue weighted by molar-refractivity contribution is -0.137. The molecule has 0 aliphatic rings. The van der Waals surface area contributed by atoms with E-state index in [4.69, 9.17) is 17.5 Å². The van der Waals surface area contributed by atoms with Crippen LogP contribution in [0.5, 0.6) is 0 Å². The van der Waals surface area contributed by atoms with E-state index in [1.807, 2.05) is 0 Å². The number of rotatable bonds is 4. The molecule has 9 heteroatoms. The zero-order valence-corrected chi connectivity index (χ0v) is 12.8. The summed E-state index contributed by atoms with van der Waals surface area (Å²) in [5.41, 5.74) is 0. The van der Waals surface area contributed by atoms with Gasteiger partial charge in [0.05, 0.1) is 6.61 Å². The Hall–Kier alpha value is -1.00. The monoisotopic (exact) mass is 302 g/mol. The van der Waals surface area contributed by atoms with Crippen LogP contribution in [-0.4, -0.2) is 55.1 Å². The minimum Gasteiger partial charge on any atom is -0.463 e. The molecule has 19 heavy (non-hydrogen) atoms. The highest BCUT2D eigenvalue weighted by molar-refractivity contribution is 7.79. The number of carbonyl (C=O) groups excluding carboxylic acids is 1. The third-order valence-electron chi connectivity index (χ3n) is 1.53. The lowest BCUT2D eigenvalue weighted by Crippen LogP contribution is -2.15. The zero-order chi connectivity index (χ0) is 15.2. The van der Waals surface area contributed by atoms with Gasteiger partial charge in [-0.2, -0.15) is 8.42 Å². The van der Waals surface area contributed by atoms with Crippen LogP contribution in [0.2, 0.25) is 0 Å². The van der Waals surface area contributed by atoms with Crippen molar-refractivity contribution in [3.8, 4) is 0 Å². The van der Waals surface area contributed by atoms with Crippen LogP contribution < -0.4 is 6.15 Å². The van der Waals surface area contributed by atoms with Gasteiger partial charge < -0.3 is 15.8 Å². The lowest BCUT2D eigenvalue weighted by atomic mass is 10.6. The van der Waals surface area contributed by atoms with Gasteiger partial charge in [0.25, 0.3) is 0 Å². The predicted molar refractivity (Wildman–Crippen MR) is 74.9 cm³/mol. The Morgan fingerprint density at radius 3 is 1.63 bits per heavy atom. The quantitative estimate of drug-likeness (QED) is 0.400. The molecule has 0 saturated carbocycles. The second kappa shape index (κ2) is 17.0. The highest BCUT2D eigenvalue weighted by Gasteiger charge is 1.86. The minimum atomic E-state index is -4.67. The Balaban J connectivity index is -0.0000000878. The van der Waals surface area contributed by atoms with Crippen molar-refractivity contribution in [3.05, 3.63) is 12.7 Å². The molecule has 0 saturated heterocycles. The molecule has 0 aromatic heterocycles. The van der Waals surface area contributed by atoms with Gasteiger partial charge >= 0.3 is 16.4 Å². The van der Waals surface area contributed by atoms with Crippen LogP contribution in [0.15, 0.2) is 12.7 Å². The van der Waals surface area contributed by atoms with Gasteiger partial charge in [0, 0.05) is 6.08 Å². The summed E-state index contributed by atoms with van der Waals surface area (Å²) in [4.78, 5) is 12.3. The Morgan fingerprint density at radius 2 is 1.58 bits per heavy atom. The van der Waals surface area contributed by atoms with E-state index in [0.29, 0.717) is 6.61 Å². The first kappa shape index (κ1) is 26.5. The molecule has 0 fully saturated rings. The maximum absolute atomic E-state index is 10.1. The molecule has 0 aromatic carbocycles. The van der Waals surface area contributed by atoms with E-state index in [-0.39, 0.29) is 12.1 Å². The first-order valence-corrected chi connectivity index (χ1v) is 6.69. The molecule has 0 aliphatic heterocycles.